The molecule has 1 unspecified atom stereocenters. The predicted molar refractivity (Wildman–Crippen MR) is 77.7 cm³/mol. The molecule has 0 saturated carbocycles. The quantitative estimate of drug-likeness (QED) is 0.850. The van der Waals surface area contributed by atoms with Gasteiger partial charge in [-0.1, -0.05) is 28.1 Å². The van der Waals surface area contributed by atoms with E-state index < -0.39 is 0 Å². The lowest BCUT2D eigenvalue weighted by molar-refractivity contribution is 0.0661. The number of fused-ring (bicyclic) bond motifs is 1. The summed E-state index contributed by atoms with van der Waals surface area (Å²) in [6, 6.07) is 6.32. The summed E-state index contributed by atoms with van der Waals surface area (Å²) in [7, 11) is 0. The Labute approximate surface area is 121 Å². The Balaban J connectivity index is 1.84. The summed E-state index contributed by atoms with van der Waals surface area (Å²) in [5.41, 5.74) is 3.22. The number of amides is 1. The molecule has 1 aromatic carbocycles. The summed E-state index contributed by atoms with van der Waals surface area (Å²) < 4.78 is 5.41. The van der Waals surface area contributed by atoms with Gasteiger partial charge in [0.15, 0.2) is 0 Å². The van der Waals surface area contributed by atoms with Crippen molar-refractivity contribution in [2.75, 3.05) is 19.8 Å². The molecule has 19 heavy (non-hydrogen) atoms. The standard InChI is InChI=1S/C15H18BrNO2/c16-14(11-4-7-19-8-5-11)12-2-1-10-3-6-17-15(18)13(10)9-12/h1-2,9,11,14H,3-8H2,(H,17,18). The lowest BCUT2D eigenvalue weighted by Gasteiger charge is -2.27. The highest BCUT2D eigenvalue weighted by atomic mass is 79.9. The number of hydrogen-bond acceptors (Lipinski definition) is 2. The smallest absolute Gasteiger partial charge is 0.251 e. The van der Waals surface area contributed by atoms with Crippen molar-refractivity contribution in [2.45, 2.75) is 24.1 Å². The molecule has 2 heterocycles. The van der Waals surface area contributed by atoms with Gasteiger partial charge in [0.05, 0.1) is 0 Å². The summed E-state index contributed by atoms with van der Waals surface area (Å²) in [6.45, 7) is 2.44. The Kier molecular flexibility index (Phi) is 3.89. The topological polar surface area (TPSA) is 38.3 Å². The number of benzene rings is 1. The second-order valence-electron chi connectivity index (χ2n) is 5.27. The van der Waals surface area contributed by atoms with E-state index in [-0.39, 0.29) is 5.91 Å². The monoisotopic (exact) mass is 323 g/mol. The van der Waals surface area contributed by atoms with Crippen molar-refractivity contribution in [3.63, 3.8) is 0 Å². The van der Waals surface area contributed by atoms with E-state index >= 15 is 0 Å². The van der Waals surface area contributed by atoms with Crippen molar-refractivity contribution >= 4 is 21.8 Å². The van der Waals surface area contributed by atoms with E-state index in [0.717, 1.165) is 44.6 Å². The van der Waals surface area contributed by atoms with Crippen LogP contribution < -0.4 is 5.32 Å². The SMILES string of the molecule is O=C1NCCc2ccc(C(Br)C3CCOCC3)cc21. The molecule has 1 saturated heterocycles. The van der Waals surface area contributed by atoms with E-state index in [0.29, 0.717) is 10.7 Å². The number of carbonyl (C=O) groups is 1. The van der Waals surface area contributed by atoms with Crippen molar-refractivity contribution in [1.29, 1.82) is 0 Å². The van der Waals surface area contributed by atoms with Gasteiger partial charge in [0.2, 0.25) is 0 Å². The van der Waals surface area contributed by atoms with Gasteiger partial charge < -0.3 is 10.1 Å². The van der Waals surface area contributed by atoms with Crippen LogP contribution in [0.5, 0.6) is 0 Å². The molecule has 0 spiro atoms. The van der Waals surface area contributed by atoms with E-state index in [1.807, 2.05) is 0 Å². The molecule has 3 nitrogen and oxygen atoms in total. The molecular formula is C15H18BrNO2. The number of rotatable bonds is 2. The minimum atomic E-state index is 0.0646. The molecular weight excluding hydrogens is 306 g/mol. The van der Waals surface area contributed by atoms with Crippen LogP contribution in [0.1, 0.15) is 39.2 Å². The van der Waals surface area contributed by atoms with Crippen LogP contribution in [0.4, 0.5) is 0 Å². The third kappa shape index (κ3) is 2.70. The van der Waals surface area contributed by atoms with E-state index in [1.165, 1.54) is 11.1 Å². The summed E-state index contributed by atoms with van der Waals surface area (Å²) in [5.74, 6) is 0.660. The first-order valence-corrected chi connectivity index (χ1v) is 7.80. The van der Waals surface area contributed by atoms with E-state index in [9.17, 15) is 4.79 Å². The van der Waals surface area contributed by atoms with Crippen molar-refractivity contribution in [2.24, 2.45) is 5.92 Å². The first-order valence-electron chi connectivity index (χ1n) is 6.88. The van der Waals surface area contributed by atoms with Gasteiger partial charge in [0.1, 0.15) is 0 Å². The van der Waals surface area contributed by atoms with Crippen LogP contribution in [0.15, 0.2) is 18.2 Å². The number of hydrogen-bond donors (Lipinski definition) is 1. The lowest BCUT2D eigenvalue weighted by Crippen LogP contribution is -2.32. The van der Waals surface area contributed by atoms with Crippen LogP contribution in [0.25, 0.3) is 0 Å². The predicted octanol–water partition coefficient (Wildman–Crippen LogP) is 2.84. The van der Waals surface area contributed by atoms with Crippen LogP contribution in [0.2, 0.25) is 0 Å². The maximum atomic E-state index is 11.9. The number of ether oxygens (including phenoxy) is 1. The fourth-order valence-electron chi connectivity index (χ4n) is 2.88. The molecule has 1 aromatic rings. The molecule has 2 aliphatic rings. The van der Waals surface area contributed by atoms with Crippen molar-refractivity contribution in [3.8, 4) is 0 Å². The summed E-state index contributed by atoms with van der Waals surface area (Å²) in [5, 5.41) is 2.91. The van der Waals surface area contributed by atoms with Gasteiger partial charge in [0, 0.05) is 30.1 Å². The van der Waals surface area contributed by atoms with Gasteiger partial charge in [-0.3, -0.25) is 4.79 Å². The molecule has 4 heteroatoms. The first-order chi connectivity index (χ1) is 9.25. The van der Waals surface area contributed by atoms with Gasteiger partial charge in [0.25, 0.3) is 5.91 Å². The highest BCUT2D eigenvalue weighted by Crippen LogP contribution is 2.37. The largest absolute Gasteiger partial charge is 0.381 e. The Bertz CT molecular complexity index is 483. The van der Waals surface area contributed by atoms with Crippen LogP contribution in [-0.4, -0.2) is 25.7 Å². The lowest BCUT2D eigenvalue weighted by atomic mass is 9.89. The zero-order chi connectivity index (χ0) is 13.2. The van der Waals surface area contributed by atoms with Gasteiger partial charge in [-0.15, -0.1) is 0 Å². The highest BCUT2D eigenvalue weighted by Gasteiger charge is 2.25. The first kappa shape index (κ1) is 13.1. The molecule has 3 rings (SSSR count). The van der Waals surface area contributed by atoms with Gasteiger partial charge in [-0.05, 0) is 42.4 Å². The van der Waals surface area contributed by atoms with Gasteiger partial charge >= 0.3 is 0 Å². The number of carbonyl (C=O) groups excluding carboxylic acids is 1. The molecule has 1 fully saturated rings. The fraction of sp³-hybridized carbons (Fsp3) is 0.533. The average Bonchev–Trinajstić information content (AvgIpc) is 2.47. The van der Waals surface area contributed by atoms with Crippen molar-refractivity contribution < 1.29 is 9.53 Å². The Morgan fingerprint density at radius 1 is 1.32 bits per heavy atom. The summed E-state index contributed by atoms with van der Waals surface area (Å²) in [6.07, 6.45) is 3.10. The van der Waals surface area contributed by atoms with Crippen molar-refractivity contribution in [1.82, 2.24) is 5.32 Å². The second-order valence-corrected chi connectivity index (χ2v) is 6.26. The van der Waals surface area contributed by atoms with Crippen LogP contribution in [0.3, 0.4) is 0 Å². The highest BCUT2D eigenvalue weighted by molar-refractivity contribution is 9.09. The summed E-state index contributed by atoms with van der Waals surface area (Å²) in [4.78, 5) is 12.2. The van der Waals surface area contributed by atoms with E-state index in [4.69, 9.17) is 4.74 Å². The molecule has 0 aliphatic carbocycles. The third-order valence-electron chi connectivity index (χ3n) is 4.06. The van der Waals surface area contributed by atoms with E-state index in [1.54, 1.807) is 0 Å². The van der Waals surface area contributed by atoms with Gasteiger partial charge in [-0.2, -0.15) is 0 Å². The number of alkyl halides is 1. The second kappa shape index (κ2) is 5.63. The minimum absolute atomic E-state index is 0.0646. The number of halogens is 1. The fourth-order valence-corrected chi connectivity index (χ4v) is 3.69. The normalized spacial score (nSPS) is 21.6. The molecule has 1 atom stereocenters. The molecule has 1 N–H and O–H groups in total. The van der Waals surface area contributed by atoms with Gasteiger partial charge in [-0.25, -0.2) is 0 Å². The Morgan fingerprint density at radius 3 is 2.89 bits per heavy atom. The zero-order valence-corrected chi connectivity index (χ0v) is 12.4. The zero-order valence-electron chi connectivity index (χ0n) is 10.8. The van der Waals surface area contributed by atoms with Crippen molar-refractivity contribution in [3.05, 3.63) is 34.9 Å². The maximum Gasteiger partial charge on any atom is 0.251 e. The molecule has 0 aromatic heterocycles. The number of nitrogens with one attached hydrogen (secondary N) is 1. The average molecular weight is 324 g/mol. The molecule has 102 valence electrons. The van der Waals surface area contributed by atoms with Crippen LogP contribution in [0, 0.1) is 5.92 Å². The Morgan fingerprint density at radius 2 is 2.11 bits per heavy atom. The molecule has 1 amide bonds. The maximum absolute atomic E-state index is 11.9. The minimum Gasteiger partial charge on any atom is -0.381 e. The Hall–Kier alpha value is -0.870. The van der Waals surface area contributed by atoms with E-state index in [2.05, 4.69) is 39.4 Å². The molecule has 0 radical (unpaired) electrons. The third-order valence-corrected chi connectivity index (χ3v) is 5.33. The van der Waals surface area contributed by atoms with Crippen LogP contribution in [-0.2, 0) is 11.2 Å². The van der Waals surface area contributed by atoms with Crippen LogP contribution >= 0.6 is 15.9 Å². The summed E-state index contributed by atoms with van der Waals surface area (Å²) >= 11 is 3.81. The molecule has 0 bridgehead atoms. The molecule has 2 aliphatic heterocycles.